The maximum absolute atomic E-state index is 12.8. The average Bonchev–Trinajstić information content (AvgIpc) is 2.81. The van der Waals surface area contributed by atoms with E-state index in [0.29, 0.717) is 18.8 Å². The van der Waals surface area contributed by atoms with Crippen LogP contribution in [0.2, 0.25) is 0 Å². The predicted molar refractivity (Wildman–Crippen MR) is 80.7 cm³/mol. The summed E-state index contributed by atoms with van der Waals surface area (Å²) in [6.45, 7) is 4.97. The molecule has 3 N–H and O–H groups in total. The highest BCUT2D eigenvalue weighted by atomic mass is 32.2. The summed E-state index contributed by atoms with van der Waals surface area (Å²) in [7, 11) is -3.70. The van der Waals surface area contributed by atoms with Crippen LogP contribution < -0.4 is 5.73 Å². The predicted octanol–water partition coefficient (Wildman–Crippen LogP) is 1.08. The van der Waals surface area contributed by atoms with Crippen molar-refractivity contribution in [2.24, 2.45) is 5.73 Å². The van der Waals surface area contributed by atoms with Crippen molar-refractivity contribution in [2.75, 3.05) is 6.54 Å². The number of hydrogen-bond acceptors (Lipinski definition) is 4. The lowest BCUT2D eigenvalue weighted by Crippen LogP contribution is -2.50. The lowest BCUT2D eigenvalue weighted by atomic mass is 10.0. The second-order valence-electron chi connectivity index (χ2n) is 5.40. The van der Waals surface area contributed by atoms with Gasteiger partial charge in [-0.3, -0.25) is 5.41 Å². The van der Waals surface area contributed by atoms with Crippen molar-refractivity contribution in [3.8, 4) is 0 Å². The summed E-state index contributed by atoms with van der Waals surface area (Å²) in [6.07, 6.45) is 4.77. The fourth-order valence-corrected chi connectivity index (χ4v) is 4.37. The Balaban J connectivity index is 2.36. The number of nitrogens with two attached hydrogens (primary N) is 1. The minimum absolute atomic E-state index is 0.0570. The maximum Gasteiger partial charge on any atom is 0.262 e. The van der Waals surface area contributed by atoms with Gasteiger partial charge < -0.3 is 10.3 Å². The van der Waals surface area contributed by atoms with Crippen LogP contribution in [-0.4, -0.2) is 40.7 Å². The molecule has 0 bridgehead atoms. The highest BCUT2D eigenvalue weighted by molar-refractivity contribution is 7.89. The van der Waals surface area contributed by atoms with Gasteiger partial charge in [0.1, 0.15) is 11.7 Å². The molecule has 1 aliphatic rings. The number of amidine groups is 1. The van der Waals surface area contributed by atoms with Crippen LogP contribution in [0.15, 0.2) is 11.2 Å². The molecule has 1 aromatic heterocycles. The first-order valence-electron chi connectivity index (χ1n) is 7.27. The minimum Gasteiger partial charge on any atom is -0.386 e. The zero-order valence-corrected chi connectivity index (χ0v) is 13.4. The van der Waals surface area contributed by atoms with Crippen LogP contribution in [0.4, 0.5) is 0 Å². The van der Waals surface area contributed by atoms with E-state index in [1.54, 1.807) is 13.1 Å². The molecule has 7 nitrogen and oxygen atoms in total. The zero-order chi connectivity index (χ0) is 15.6. The average molecular weight is 313 g/mol. The number of aromatic nitrogens is 2. The van der Waals surface area contributed by atoms with Crippen molar-refractivity contribution in [3.63, 3.8) is 0 Å². The van der Waals surface area contributed by atoms with Gasteiger partial charge in [0, 0.05) is 19.3 Å². The Labute approximate surface area is 125 Å². The Morgan fingerprint density at radius 3 is 2.86 bits per heavy atom. The summed E-state index contributed by atoms with van der Waals surface area (Å²) in [6, 6.07) is -0.541. The standard InChI is InChI=1S/C13H23N5O2S/c1-3-7-17-9-12(16-10(17)2)21(19,20)18-8-5-4-6-11(18)13(14)15/h9,11H,3-8H2,1-2H3,(H3,14,15). The van der Waals surface area contributed by atoms with Gasteiger partial charge in [-0.1, -0.05) is 13.3 Å². The van der Waals surface area contributed by atoms with Crippen molar-refractivity contribution in [2.45, 2.75) is 57.1 Å². The minimum atomic E-state index is -3.70. The molecular formula is C13H23N5O2S. The van der Waals surface area contributed by atoms with Crippen molar-refractivity contribution < 1.29 is 8.42 Å². The SMILES string of the molecule is CCCn1cc(S(=O)(=O)N2CCCCC2C(=N)N)nc1C. The highest BCUT2D eigenvalue weighted by Gasteiger charge is 2.36. The summed E-state index contributed by atoms with van der Waals surface area (Å²) in [5.41, 5.74) is 5.57. The van der Waals surface area contributed by atoms with E-state index in [9.17, 15) is 8.42 Å². The molecule has 1 aliphatic heterocycles. The molecular weight excluding hydrogens is 290 g/mol. The largest absolute Gasteiger partial charge is 0.386 e. The van der Waals surface area contributed by atoms with Gasteiger partial charge in [-0.2, -0.15) is 4.31 Å². The lowest BCUT2D eigenvalue weighted by Gasteiger charge is -2.33. The molecule has 1 saturated heterocycles. The number of aryl methyl sites for hydroxylation is 2. The topological polar surface area (TPSA) is 105 Å². The third kappa shape index (κ3) is 3.11. The first kappa shape index (κ1) is 16.0. The number of nitrogens with one attached hydrogen (secondary N) is 1. The van der Waals surface area contributed by atoms with E-state index < -0.39 is 16.1 Å². The normalized spacial score (nSPS) is 20.6. The van der Waals surface area contributed by atoms with Crippen molar-refractivity contribution in [1.29, 1.82) is 5.41 Å². The zero-order valence-electron chi connectivity index (χ0n) is 12.5. The molecule has 1 unspecified atom stereocenters. The molecule has 0 saturated carbocycles. The maximum atomic E-state index is 12.8. The number of nitrogens with zero attached hydrogens (tertiary/aromatic N) is 3. The van der Waals surface area contributed by atoms with Crippen LogP contribution in [-0.2, 0) is 16.6 Å². The van der Waals surface area contributed by atoms with E-state index in [-0.39, 0.29) is 10.9 Å². The van der Waals surface area contributed by atoms with Crippen molar-refractivity contribution in [1.82, 2.24) is 13.9 Å². The molecule has 0 radical (unpaired) electrons. The van der Waals surface area contributed by atoms with Crippen LogP contribution in [0.25, 0.3) is 0 Å². The van der Waals surface area contributed by atoms with Gasteiger partial charge in [0.25, 0.3) is 10.0 Å². The number of hydrogen-bond donors (Lipinski definition) is 2. The fourth-order valence-electron chi connectivity index (χ4n) is 2.69. The number of rotatable bonds is 5. The molecule has 0 aliphatic carbocycles. The Bertz CT molecular complexity index is 623. The van der Waals surface area contributed by atoms with Crippen molar-refractivity contribution in [3.05, 3.63) is 12.0 Å². The van der Waals surface area contributed by atoms with Gasteiger partial charge in [-0.15, -0.1) is 0 Å². The van der Waals surface area contributed by atoms with Gasteiger partial charge in [-0.25, -0.2) is 13.4 Å². The molecule has 21 heavy (non-hydrogen) atoms. The van der Waals surface area contributed by atoms with Crippen LogP contribution in [0.1, 0.15) is 38.4 Å². The fraction of sp³-hybridized carbons (Fsp3) is 0.692. The number of sulfonamides is 1. The smallest absolute Gasteiger partial charge is 0.262 e. The molecule has 118 valence electrons. The second-order valence-corrected chi connectivity index (χ2v) is 7.24. The van der Waals surface area contributed by atoms with Crippen LogP contribution in [0.3, 0.4) is 0 Å². The van der Waals surface area contributed by atoms with E-state index in [4.69, 9.17) is 11.1 Å². The summed E-state index contributed by atoms with van der Waals surface area (Å²) in [5.74, 6) is 0.592. The van der Waals surface area contributed by atoms with E-state index in [2.05, 4.69) is 4.98 Å². The van der Waals surface area contributed by atoms with E-state index >= 15 is 0 Å². The van der Waals surface area contributed by atoms with Crippen molar-refractivity contribution >= 4 is 15.9 Å². The third-order valence-corrected chi connectivity index (χ3v) is 5.58. The first-order valence-corrected chi connectivity index (χ1v) is 8.71. The highest BCUT2D eigenvalue weighted by Crippen LogP contribution is 2.25. The molecule has 8 heteroatoms. The van der Waals surface area contributed by atoms with E-state index in [0.717, 1.165) is 25.8 Å². The molecule has 0 aromatic carbocycles. The quantitative estimate of drug-likeness (QED) is 0.627. The molecule has 0 amide bonds. The Morgan fingerprint density at radius 1 is 1.52 bits per heavy atom. The Kier molecular flexibility index (Phi) is 4.67. The Hall–Kier alpha value is -1.41. The van der Waals surface area contributed by atoms with Gasteiger partial charge in [-0.05, 0) is 26.2 Å². The molecule has 0 spiro atoms. The van der Waals surface area contributed by atoms with Crippen LogP contribution >= 0.6 is 0 Å². The van der Waals surface area contributed by atoms with Crippen LogP contribution in [0.5, 0.6) is 0 Å². The Morgan fingerprint density at radius 2 is 2.24 bits per heavy atom. The molecule has 1 fully saturated rings. The monoisotopic (exact) mass is 313 g/mol. The van der Waals surface area contributed by atoms with Gasteiger partial charge in [0.2, 0.25) is 0 Å². The summed E-state index contributed by atoms with van der Waals surface area (Å²) in [5, 5.41) is 7.68. The summed E-state index contributed by atoms with van der Waals surface area (Å²) in [4.78, 5) is 4.19. The molecule has 1 aromatic rings. The van der Waals surface area contributed by atoms with Gasteiger partial charge in [0.05, 0.1) is 6.04 Å². The summed E-state index contributed by atoms with van der Waals surface area (Å²) < 4.78 is 28.7. The molecule has 2 rings (SSSR count). The van der Waals surface area contributed by atoms with Gasteiger partial charge in [0.15, 0.2) is 5.03 Å². The molecule has 1 atom stereocenters. The third-order valence-electron chi connectivity index (χ3n) is 3.80. The second kappa shape index (κ2) is 6.15. The molecule has 2 heterocycles. The van der Waals surface area contributed by atoms with E-state index in [1.807, 2.05) is 11.5 Å². The lowest BCUT2D eigenvalue weighted by molar-refractivity contribution is 0.303. The summed E-state index contributed by atoms with van der Waals surface area (Å²) >= 11 is 0. The van der Waals surface area contributed by atoms with Crippen LogP contribution in [0, 0.1) is 12.3 Å². The van der Waals surface area contributed by atoms with E-state index in [1.165, 1.54) is 4.31 Å². The number of piperidine rings is 1. The number of imidazole rings is 1. The first-order chi connectivity index (χ1) is 9.87. The van der Waals surface area contributed by atoms with Gasteiger partial charge >= 0.3 is 0 Å².